The van der Waals surface area contributed by atoms with Gasteiger partial charge in [0.2, 0.25) is 31.3 Å². The Morgan fingerprint density at radius 1 is 0.859 bits per heavy atom. The van der Waals surface area contributed by atoms with Crippen molar-refractivity contribution in [1.29, 1.82) is 0 Å². The maximum absolute atomic E-state index is 16.4. The summed E-state index contributed by atoms with van der Waals surface area (Å²) in [5.74, 6) is -3.07. The molecule has 22 heteroatoms. The van der Waals surface area contributed by atoms with E-state index in [0.29, 0.717) is 56.2 Å². The number of fused-ring (bicyclic) bond motifs is 3. The average molecular weight is 941 g/mol. The Morgan fingerprint density at radius 3 is 2.08 bits per heavy atom. The van der Waals surface area contributed by atoms with Gasteiger partial charge in [0.25, 0.3) is 5.91 Å². The minimum Gasteiger partial charge on any atom is -0.437 e. The number of hydrogen-bond donors (Lipinski definition) is 3. The van der Waals surface area contributed by atoms with Crippen LogP contribution in [0.5, 0.6) is 0 Å². The molecule has 2 aromatic rings. The molecule has 18 nitrogen and oxygen atoms in total. The summed E-state index contributed by atoms with van der Waals surface area (Å²) in [6, 6.07) is 2.68. The fraction of sp³-hybridized carbons (Fsp3) is 0.667. The molecule has 5 atom stereocenters. The second-order valence-corrected chi connectivity index (χ2v) is 21.6. The van der Waals surface area contributed by atoms with Crippen LogP contribution in [0.3, 0.4) is 0 Å². The molecule has 5 fully saturated rings. The topological polar surface area (TPSA) is 228 Å². The first-order valence-corrected chi connectivity index (χ1v) is 23.7. The predicted octanol–water partition coefficient (Wildman–Crippen LogP) is 3.42. The van der Waals surface area contributed by atoms with Gasteiger partial charge in [-0.25, -0.2) is 0 Å². The van der Waals surface area contributed by atoms with Gasteiger partial charge in [-0.1, -0.05) is 6.07 Å². The van der Waals surface area contributed by atoms with Gasteiger partial charge in [0, 0.05) is 42.5 Å². The van der Waals surface area contributed by atoms with Gasteiger partial charge < -0.3 is 44.4 Å². The SMILES string of the molecule is CC(C)(CO)C(=O)OCOP(=O)(OCOC(=O)C(C)(C)CO)C(F)(F)c1ccc2sc(C(=O)N[C@H]3C[C@@H]4C[C@@H]4C[C@H]4CC[C@@H](C(=O)N5CC(C(=O)N6CCOCC6)C5)N4C3=O)cc2c1. The largest absolute Gasteiger partial charge is 0.437 e. The molecular weight excluding hydrogens is 886 g/mol. The lowest BCUT2D eigenvalue weighted by Crippen LogP contribution is -2.62. The smallest absolute Gasteiger partial charge is 0.410 e. The lowest BCUT2D eigenvalue weighted by atomic mass is 9.95. The van der Waals surface area contributed by atoms with E-state index in [0.717, 1.165) is 36.3 Å². The summed E-state index contributed by atoms with van der Waals surface area (Å²) in [4.78, 5) is 85.0. The van der Waals surface area contributed by atoms with E-state index in [1.807, 2.05) is 0 Å². The van der Waals surface area contributed by atoms with Crippen molar-refractivity contribution in [2.24, 2.45) is 28.6 Å². The number of thiophene rings is 1. The summed E-state index contributed by atoms with van der Waals surface area (Å²) in [6.07, 6.45) is 3.14. The van der Waals surface area contributed by atoms with Gasteiger partial charge in [0.1, 0.15) is 12.1 Å². The Hall–Kier alpha value is -4.11. The van der Waals surface area contributed by atoms with Crippen molar-refractivity contribution in [3.63, 3.8) is 0 Å². The van der Waals surface area contributed by atoms with Crippen LogP contribution in [0, 0.1) is 28.6 Å². The molecule has 64 heavy (non-hydrogen) atoms. The molecule has 1 aromatic carbocycles. The monoisotopic (exact) mass is 940 g/mol. The highest BCUT2D eigenvalue weighted by molar-refractivity contribution is 7.54. The number of nitrogens with zero attached hydrogens (tertiary/aromatic N) is 3. The third-order valence-electron chi connectivity index (χ3n) is 12.8. The first-order chi connectivity index (χ1) is 30.2. The fourth-order valence-corrected chi connectivity index (χ4v) is 10.6. The minimum absolute atomic E-state index is 0.00513. The number of amides is 4. The molecule has 1 aliphatic carbocycles. The summed E-state index contributed by atoms with van der Waals surface area (Å²) in [5, 5.41) is 21.9. The van der Waals surface area contributed by atoms with Crippen LogP contribution in [0.25, 0.3) is 10.1 Å². The molecule has 5 heterocycles. The molecule has 3 N–H and O–H groups in total. The first-order valence-electron chi connectivity index (χ1n) is 21.4. The van der Waals surface area contributed by atoms with Crippen LogP contribution in [0.1, 0.15) is 75.0 Å². The van der Waals surface area contributed by atoms with Crippen molar-refractivity contribution < 1.29 is 75.6 Å². The number of hydrogen-bond acceptors (Lipinski definition) is 15. The first kappa shape index (κ1) is 47.8. The van der Waals surface area contributed by atoms with Gasteiger partial charge in [-0.3, -0.25) is 42.4 Å². The van der Waals surface area contributed by atoms with Crippen molar-refractivity contribution in [3.05, 3.63) is 34.7 Å². The Morgan fingerprint density at radius 2 is 1.47 bits per heavy atom. The normalized spacial score (nSPS) is 24.3. The third-order valence-corrected chi connectivity index (χ3v) is 15.8. The highest BCUT2D eigenvalue weighted by Crippen LogP contribution is 2.67. The molecule has 7 rings (SSSR count). The van der Waals surface area contributed by atoms with E-state index in [2.05, 4.69) is 5.32 Å². The number of aliphatic hydroxyl groups excluding tert-OH is 2. The zero-order chi connectivity index (χ0) is 46.4. The van der Waals surface area contributed by atoms with E-state index in [-0.39, 0.29) is 59.0 Å². The summed E-state index contributed by atoms with van der Waals surface area (Å²) >= 11 is 0.970. The quantitative estimate of drug-likeness (QED) is 0.125. The van der Waals surface area contributed by atoms with Crippen LogP contribution >= 0.6 is 18.9 Å². The van der Waals surface area contributed by atoms with Gasteiger partial charge in [-0.05, 0) is 95.2 Å². The van der Waals surface area contributed by atoms with Crippen molar-refractivity contribution >= 4 is 64.6 Å². The van der Waals surface area contributed by atoms with E-state index in [4.69, 9.17) is 23.3 Å². The number of carbonyl (C=O) groups excluding carboxylic acids is 6. The van der Waals surface area contributed by atoms with E-state index < -0.39 is 86.4 Å². The van der Waals surface area contributed by atoms with Crippen molar-refractivity contribution in [3.8, 4) is 0 Å². The molecule has 1 aromatic heterocycles. The highest BCUT2D eigenvalue weighted by atomic mass is 32.1. The van der Waals surface area contributed by atoms with Crippen molar-refractivity contribution in [2.75, 3.05) is 66.2 Å². The molecule has 0 spiro atoms. The fourth-order valence-electron chi connectivity index (χ4n) is 8.45. The lowest BCUT2D eigenvalue weighted by molar-refractivity contribution is -0.166. The van der Waals surface area contributed by atoms with Crippen molar-refractivity contribution in [1.82, 2.24) is 20.0 Å². The Labute approximate surface area is 372 Å². The number of carbonyl (C=O) groups is 6. The lowest BCUT2D eigenvalue weighted by Gasteiger charge is -2.44. The maximum atomic E-state index is 16.4. The van der Waals surface area contributed by atoms with E-state index >= 15 is 8.78 Å². The Kier molecular flexibility index (Phi) is 13.9. The minimum atomic E-state index is -5.73. The summed E-state index contributed by atoms with van der Waals surface area (Å²) < 4.78 is 72.0. The molecule has 5 aliphatic rings. The number of aliphatic hydroxyl groups is 2. The number of rotatable bonds is 16. The average Bonchev–Trinajstić information content (AvgIpc) is 3.60. The summed E-state index contributed by atoms with van der Waals surface area (Å²) in [5.41, 5.74) is -8.27. The van der Waals surface area contributed by atoms with Gasteiger partial charge in [-0.2, -0.15) is 8.78 Å². The third kappa shape index (κ3) is 9.71. The molecule has 0 bridgehead atoms. The van der Waals surface area contributed by atoms with Crippen LogP contribution in [0.2, 0.25) is 0 Å². The molecule has 0 unspecified atom stereocenters. The molecule has 352 valence electrons. The number of nitrogens with one attached hydrogen (secondary N) is 1. The number of halogens is 2. The van der Waals surface area contributed by atoms with Crippen LogP contribution in [0.4, 0.5) is 8.78 Å². The van der Waals surface area contributed by atoms with Gasteiger partial charge in [0.05, 0.1) is 48.1 Å². The van der Waals surface area contributed by atoms with Crippen LogP contribution in [-0.4, -0.2) is 145 Å². The number of benzene rings is 1. The molecule has 0 radical (unpaired) electrons. The highest BCUT2D eigenvalue weighted by Gasteiger charge is 2.57. The van der Waals surface area contributed by atoms with Crippen LogP contribution in [-0.2, 0) is 57.5 Å². The second kappa shape index (κ2) is 18.6. The standard InChI is InChI=1S/C42H55F2N4O14PS/c1-40(2,20-49)38(55)59-22-61-63(57,62-23-60-39(56)41(3,4)21-50)42(43,44)28-5-8-32-26(14-28)17-33(64-32)34(51)45-30-16-25-13-24(25)15-29-6-7-31(48(29)36(30)53)37(54)47-18-27(19-47)35(52)46-9-11-58-12-10-46/h5,8,14,17,24-25,27,29-31,49-50H,6-7,9-13,15-16,18-23H2,1-4H3,(H,45,51)/t24-,25+,29-,30+,31+/m1/s1. The summed E-state index contributed by atoms with van der Waals surface area (Å²) in [7, 11) is -5.73. The predicted molar refractivity (Wildman–Crippen MR) is 222 cm³/mol. The van der Waals surface area contributed by atoms with E-state index in [1.165, 1.54) is 39.8 Å². The number of likely N-dealkylation sites (tertiary alicyclic amines) is 1. The number of ether oxygens (including phenoxy) is 3. The van der Waals surface area contributed by atoms with Gasteiger partial charge in [-0.15, -0.1) is 11.3 Å². The maximum Gasteiger partial charge on any atom is 0.410 e. The Bertz CT molecular complexity index is 2160. The second-order valence-electron chi connectivity index (χ2n) is 18.5. The molecular formula is C42H55F2N4O14PS. The Balaban J connectivity index is 1.04. The molecule has 1 saturated carbocycles. The molecule has 4 amide bonds. The molecule has 4 aliphatic heterocycles. The zero-order valence-electron chi connectivity index (χ0n) is 36.1. The zero-order valence-corrected chi connectivity index (χ0v) is 37.8. The molecule has 4 saturated heterocycles. The van der Waals surface area contributed by atoms with Crippen LogP contribution < -0.4 is 5.32 Å². The number of alkyl halides is 2. The number of morpholine rings is 1. The van der Waals surface area contributed by atoms with Gasteiger partial charge in [0.15, 0.2) is 0 Å². The summed E-state index contributed by atoms with van der Waals surface area (Å²) in [6.45, 7) is 3.88. The van der Waals surface area contributed by atoms with Crippen molar-refractivity contribution in [2.45, 2.75) is 83.6 Å². The van der Waals surface area contributed by atoms with Crippen LogP contribution in [0.15, 0.2) is 24.3 Å². The van der Waals surface area contributed by atoms with E-state index in [1.54, 1.807) is 14.7 Å². The van der Waals surface area contributed by atoms with E-state index in [9.17, 15) is 43.5 Å². The number of esters is 2. The van der Waals surface area contributed by atoms with Gasteiger partial charge >= 0.3 is 25.2 Å².